The Kier molecular flexibility index (Phi) is 3.44. The summed E-state index contributed by atoms with van der Waals surface area (Å²) in [6.07, 6.45) is 3.38. The van der Waals surface area contributed by atoms with Gasteiger partial charge in [0, 0.05) is 10.9 Å². The van der Waals surface area contributed by atoms with Gasteiger partial charge in [0.1, 0.15) is 10.8 Å². The molecule has 1 aromatic carbocycles. The Morgan fingerprint density at radius 1 is 1.31 bits per heavy atom. The van der Waals surface area contributed by atoms with Crippen LogP contribution in [-0.2, 0) is 0 Å². The number of aliphatic hydroxyl groups is 1. The van der Waals surface area contributed by atoms with Crippen LogP contribution in [0.2, 0.25) is 0 Å². The van der Waals surface area contributed by atoms with E-state index in [0.717, 1.165) is 16.3 Å². The highest BCUT2D eigenvalue weighted by Crippen LogP contribution is 2.24. The molecule has 0 bridgehead atoms. The Balaban J connectivity index is 2.24. The van der Waals surface area contributed by atoms with Crippen molar-refractivity contribution in [2.45, 2.75) is 0 Å². The van der Waals surface area contributed by atoms with Gasteiger partial charge in [-0.15, -0.1) is 11.3 Å². The molecule has 0 atom stereocenters. The van der Waals surface area contributed by atoms with Gasteiger partial charge >= 0.3 is 0 Å². The van der Waals surface area contributed by atoms with Gasteiger partial charge in [-0.3, -0.25) is 0 Å². The third kappa shape index (κ3) is 2.53. The predicted molar refractivity (Wildman–Crippen MR) is 63.6 cm³/mol. The van der Waals surface area contributed by atoms with Crippen LogP contribution in [0, 0.1) is 5.82 Å². The number of thiazole rings is 1. The van der Waals surface area contributed by atoms with Crippen molar-refractivity contribution in [3.05, 3.63) is 47.2 Å². The lowest BCUT2D eigenvalue weighted by molar-refractivity contribution is 0.343. The van der Waals surface area contributed by atoms with Gasteiger partial charge in [-0.25, -0.2) is 9.37 Å². The summed E-state index contributed by atoms with van der Waals surface area (Å²) in [6, 6.07) is 6.24. The summed E-state index contributed by atoms with van der Waals surface area (Å²) in [5.74, 6) is -0.249. The van der Waals surface area contributed by atoms with E-state index in [1.54, 1.807) is 24.3 Å². The first-order valence-corrected chi connectivity index (χ1v) is 5.66. The molecule has 4 heteroatoms. The maximum Gasteiger partial charge on any atom is 0.124 e. The molecule has 0 radical (unpaired) electrons. The van der Waals surface area contributed by atoms with Crippen molar-refractivity contribution in [2.75, 3.05) is 6.61 Å². The molecule has 2 rings (SSSR count). The molecule has 1 aromatic heterocycles. The third-order valence-electron chi connectivity index (χ3n) is 2.01. The molecular weight excluding hydrogens is 225 g/mol. The molecular formula is C12H10FNOS. The van der Waals surface area contributed by atoms with Crippen molar-refractivity contribution in [1.29, 1.82) is 0 Å². The molecule has 0 spiro atoms. The average molecular weight is 235 g/mol. The van der Waals surface area contributed by atoms with Crippen LogP contribution in [0.3, 0.4) is 0 Å². The van der Waals surface area contributed by atoms with E-state index in [4.69, 9.17) is 5.11 Å². The highest BCUT2D eigenvalue weighted by Gasteiger charge is 2.02. The smallest absolute Gasteiger partial charge is 0.124 e. The molecule has 16 heavy (non-hydrogen) atoms. The van der Waals surface area contributed by atoms with Gasteiger partial charge in [0.25, 0.3) is 0 Å². The van der Waals surface area contributed by atoms with Gasteiger partial charge in [-0.1, -0.05) is 6.08 Å². The van der Waals surface area contributed by atoms with E-state index in [0.29, 0.717) is 0 Å². The number of hydrogen-bond acceptors (Lipinski definition) is 3. The quantitative estimate of drug-likeness (QED) is 0.887. The molecule has 0 unspecified atom stereocenters. The second-order valence-electron chi connectivity index (χ2n) is 3.17. The number of hydrogen-bond donors (Lipinski definition) is 1. The van der Waals surface area contributed by atoms with Crippen LogP contribution in [0.5, 0.6) is 0 Å². The van der Waals surface area contributed by atoms with Crippen molar-refractivity contribution in [3.63, 3.8) is 0 Å². The molecule has 1 N–H and O–H groups in total. The van der Waals surface area contributed by atoms with Crippen LogP contribution in [0.15, 0.2) is 35.7 Å². The van der Waals surface area contributed by atoms with Crippen LogP contribution in [0.25, 0.3) is 16.6 Å². The summed E-state index contributed by atoms with van der Waals surface area (Å²) in [5, 5.41) is 11.4. The Morgan fingerprint density at radius 3 is 2.75 bits per heavy atom. The van der Waals surface area contributed by atoms with Crippen LogP contribution < -0.4 is 0 Å². The Labute approximate surface area is 96.7 Å². The minimum Gasteiger partial charge on any atom is -0.392 e. The Hall–Kier alpha value is -1.52. The molecule has 2 nitrogen and oxygen atoms in total. The minimum atomic E-state index is -0.249. The first-order valence-electron chi connectivity index (χ1n) is 4.78. The van der Waals surface area contributed by atoms with Gasteiger partial charge in [-0.2, -0.15) is 0 Å². The molecule has 0 saturated heterocycles. The van der Waals surface area contributed by atoms with Gasteiger partial charge in [0.15, 0.2) is 0 Å². The molecule has 0 amide bonds. The first kappa shape index (κ1) is 11.0. The first-order chi connectivity index (χ1) is 7.79. The van der Waals surface area contributed by atoms with Crippen LogP contribution >= 0.6 is 11.3 Å². The molecule has 0 saturated carbocycles. The maximum atomic E-state index is 12.7. The average Bonchev–Trinajstić information content (AvgIpc) is 2.76. The molecule has 2 aromatic rings. The van der Waals surface area contributed by atoms with Gasteiger partial charge in [0.2, 0.25) is 0 Å². The van der Waals surface area contributed by atoms with E-state index < -0.39 is 0 Å². The zero-order valence-electron chi connectivity index (χ0n) is 8.43. The molecule has 0 aliphatic rings. The highest BCUT2D eigenvalue weighted by molar-refractivity contribution is 7.13. The summed E-state index contributed by atoms with van der Waals surface area (Å²) in [4.78, 5) is 4.35. The lowest BCUT2D eigenvalue weighted by atomic mass is 10.2. The number of halogens is 1. The Morgan fingerprint density at radius 2 is 2.06 bits per heavy atom. The molecule has 0 aliphatic carbocycles. The number of nitrogens with zero attached hydrogens (tertiary/aromatic N) is 1. The number of aliphatic hydroxyl groups excluding tert-OH is 1. The molecule has 0 fully saturated rings. The summed E-state index contributed by atoms with van der Waals surface area (Å²) < 4.78 is 12.7. The number of aromatic nitrogens is 1. The fourth-order valence-corrected chi connectivity index (χ4v) is 2.06. The van der Waals surface area contributed by atoms with E-state index >= 15 is 0 Å². The third-order valence-corrected chi connectivity index (χ3v) is 2.92. The van der Waals surface area contributed by atoms with Crippen molar-refractivity contribution in [1.82, 2.24) is 4.98 Å². The van der Waals surface area contributed by atoms with Gasteiger partial charge in [0.05, 0.1) is 12.3 Å². The SMILES string of the molecule is OCC=Cc1csc(-c2ccc(F)cc2)n1. The molecule has 0 aliphatic heterocycles. The van der Waals surface area contributed by atoms with Crippen LogP contribution in [-0.4, -0.2) is 16.7 Å². The van der Waals surface area contributed by atoms with E-state index in [-0.39, 0.29) is 12.4 Å². The number of rotatable bonds is 3. The van der Waals surface area contributed by atoms with E-state index in [1.807, 2.05) is 5.38 Å². The van der Waals surface area contributed by atoms with Crippen LogP contribution in [0.1, 0.15) is 5.69 Å². The monoisotopic (exact) mass is 235 g/mol. The zero-order chi connectivity index (χ0) is 11.4. The van der Waals surface area contributed by atoms with E-state index in [1.165, 1.54) is 23.5 Å². The molecule has 1 heterocycles. The Bertz CT molecular complexity index is 490. The predicted octanol–water partition coefficient (Wildman–Crippen LogP) is 2.95. The lowest BCUT2D eigenvalue weighted by Gasteiger charge is -1.94. The number of benzene rings is 1. The van der Waals surface area contributed by atoms with Crippen molar-refractivity contribution < 1.29 is 9.50 Å². The lowest BCUT2D eigenvalue weighted by Crippen LogP contribution is -1.79. The summed E-state index contributed by atoms with van der Waals surface area (Å²) in [6.45, 7) is 0.00338. The zero-order valence-corrected chi connectivity index (χ0v) is 9.25. The minimum absolute atomic E-state index is 0.00338. The van der Waals surface area contributed by atoms with Gasteiger partial charge < -0.3 is 5.11 Å². The second kappa shape index (κ2) is 5.01. The fraction of sp³-hybridized carbons (Fsp3) is 0.0833. The summed E-state index contributed by atoms with van der Waals surface area (Å²) in [5.41, 5.74) is 1.70. The fourth-order valence-electron chi connectivity index (χ4n) is 1.26. The maximum absolute atomic E-state index is 12.7. The van der Waals surface area contributed by atoms with Crippen LogP contribution in [0.4, 0.5) is 4.39 Å². The standard InChI is InChI=1S/C12H10FNOS/c13-10-5-3-9(4-6-10)12-14-11(8-16-12)2-1-7-15/h1-6,8,15H,7H2. The largest absolute Gasteiger partial charge is 0.392 e. The van der Waals surface area contributed by atoms with Crippen molar-refractivity contribution >= 4 is 17.4 Å². The van der Waals surface area contributed by atoms with E-state index in [2.05, 4.69) is 4.98 Å². The normalized spacial score (nSPS) is 11.1. The summed E-state index contributed by atoms with van der Waals surface area (Å²) in [7, 11) is 0. The highest BCUT2D eigenvalue weighted by atomic mass is 32.1. The summed E-state index contributed by atoms with van der Waals surface area (Å²) >= 11 is 1.49. The topological polar surface area (TPSA) is 33.1 Å². The molecule has 82 valence electrons. The van der Waals surface area contributed by atoms with Crippen molar-refractivity contribution in [2.24, 2.45) is 0 Å². The van der Waals surface area contributed by atoms with Gasteiger partial charge in [-0.05, 0) is 30.3 Å². The van der Waals surface area contributed by atoms with Crippen molar-refractivity contribution in [3.8, 4) is 10.6 Å². The van der Waals surface area contributed by atoms with E-state index in [9.17, 15) is 4.39 Å². The second-order valence-corrected chi connectivity index (χ2v) is 4.03.